The zero-order valence-corrected chi connectivity index (χ0v) is 29.2. The second kappa shape index (κ2) is 11.9. The molecule has 1 aliphatic carbocycles. The number of hydrogen-bond donors (Lipinski definition) is 0. The maximum absolute atomic E-state index is 13.4. The molecule has 1 fully saturated rings. The normalized spacial score (nSPS) is 25.5. The molecule has 39 heavy (non-hydrogen) atoms. The minimum Gasteiger partial charge on any atom is -0.260 e. The monoisotopic (exact) mass is 696 g/mol. The van der Waals surface area contributed by atoms with E-state index in [2.05, 4.69) is 96.7 Å². The predicted octanol–water partition coefficient (Wildman–Crippen LogP) is 7.28. The number of rotatable bonds is 5. The number of thiazole rings is 1. The Morgan fingerprint density at radius 3 is 2.49 bits per heavy atom. The summed E-state index contributed by atoms with van der Waals surface area (Å²) in [6.07, 6.45) is 13.4. The smallest absolute Gasteiger partial charge is 0.181 e. The molecule has 0 bridgehead atoms. The molecule has 3 rings (SSSR count). The maximum Gasteiger partial charge on any atom is 0.181 e. The quantitative estimate of drug-likeness (QED) is 0.185. The number of nitrogens with zero attached hydrogens (tertiary/aromatic N) is 2. The van der Waals surface area contributed by atoms with Gasteiger partial charge in [0.15, 0.2) is 9.84 Å². The number of sulfone groups is 1. The van der Waals surface area contributed by atoms with Gasteiger partial charge < -0.3 is 0 Å². The molecular formula is C31H41IN2O2S3. The number of halogens is 1. The Hall–Kier alpha value is -1.23. The number of hydrogen-bond acceptors (Lipinski definition) is 6. The molecule has 2 heterocycles. The first kappa shape index (κ1) is 32.3. The highest BCUT2D eigenvalue weighted by molar-refractivity contribution is 14.1. The van der Waals surface area contributed by atoms with E-state index < -0.39 is 9.84 Å². The van der Waals surface area contributed by atoms with Gasteiger partial charge in [0.25, 0.3) is 0 Å². The van der Waals surface area contributed by atoms with Gasteiger partial charge in [0.1, 0.15) is 4.05 Å². The number of thioether (sulfide) groups is 1. The van der Waals surface area contributed by atoms with Gasteiger partial charge in [-0.25, -0.2) is 13.4 Å². The topological polar surface area (TPSA) is 59.4 Å². The van der Waals surface area contributed by atoms with Crippen molar-refractivity contribution >= 4 is 72.7 Å². The predicted molar refractivity (Wildman–Crippen MR) is 182 cm³/mol. The Morgan fingerprint density at radius 2 is 1.90 bits per heavy atom. The maximum atomic E-state index is 13.4. The fourth-order valence-electron chi connectivity index (χ4n) is 4.34. The van der Waals surface area contributed by atoms with Crippen LogP contribution < -0.4 is 9.88 Å². The first-order chi connectivity index (χ1) is 17.9. The third-order valence-corrected chi connectivity index (χ3v) is 12.6. The summed E-state index contributed by atoms with van der Waals surface area (Å²) in [5.74, 6) is 0.458. The molecule has 0 aromatic carbocycles. The van der Waals surface area contributed by atoms with E-state index in [1.807, 2.05) is 19.1 Å². The minimum absolute atomic E-state index is 0.0647. The SMILES string of the molecule is C=C1/C(=C\C=C(/C)C2=NC(I)C=C/C(S(=O)(=O)C/C=c3/sc(C(C)(C)C)n/c3=C/C)=C\CS2)C(C)(C)C1(C)C. The van der Waals surface area contributed by atoms with Gasteiger partial charge in [0.2, 0.25) is 0 Å². The average molecular weight is 697 g/mol. The molecule has 0 saturated heterocycles. The lowest BCUT2D eigenvalue weighted by molar-refractivity contribution is 0.139. The van der Waals surface area contributed by atoms with Crippen LogP contribution in [0, 0.1) is 10.8 Å². The van der Waals surface area contributed by atoms with E-state index in [1.165, 1.54) is 11.1 Å². The first-order valence-corrected chi connectivity index (χ1v) is 17.8. The third kappa shape index (κ3) is 6.99. The number of alkyl halides is 1. The molecule has 1 atom stereocenters. The van der Waals surface area contributed by atoms with Gasteiger partial charge in [-0.2, -0.15) is 0 Å². The van der Waals surface area contributed by atoms with Crippen molar-refractivity contribution in [2.24, 2.45) is 15.8 Å². The van der Waals surface area contributed by atoms with Crippen LogP contribution in [0.25, 0.3) is 12.2 Å². The molecule has 2 aliphatic rings. The molecule has 1 aromatic rings. The summed E-state index contributed by atoms with van der Waals surface area (Å²) < 4.78 is 27.5. The van der Waals surface area contributed by atoms with Gasteiger partial charge in [-0.05, 0) is 59.6 Å². The van der Waals surface area contributed by atoms with Crippen LogP contribution in [0.4, 0.5) is 0 Å². The Balaban J connectivity index is 1.82. The Morgan fingerprint density at radius 1 is 1.23 bits per heavy atom. The van der Waals surface area contributed by atoms with Crippen molar-refractivity contribution in [1.82, 2.24) is 4.98 Å². The van der Waals surface area contributed by atoms with Gasteiger partial charge in [-0.1, -0.05) is 102 Å². The number of aromatic nitrogens is 1. The molecule has 1 unspecified atom stereocenters. The lowest BCUT2D eigenvalue weighted by Gasteiger charge is -2.56. The zero-order chi connectivity index (χ0) is 29.4. The number of allylic oxidation sites excluding steroid dienone is 5. The van der Waals surface area contributed by atoms with E-state index in [1.54, 1.807) is 41.3 Å². The lowest BCUT2D eigenvalue weighted by Crippen LogP contribution is -2.47. The van der Waals surface area contributed by atoms with E-state index >= 15 is 0 Å². The van der Waals surface area contributed by atoms with E-state index in [0.29, 0.717) is 10.7 Å². The Kier molecular flexibility index (Phi) is 9.89. The van der Waals surface area contributed by atoms with E-state index in [4.69, 9.17) is 9.98 Å². The summed E-state index contributed by atoms with van der Waals surface area (Å²) in [5.41, 5.74) is 3.58. The third-order valence-electron chi connectivity index (χ3n) is 7.76. The second-order valence-electron chi connectivity index (χ2n) is 12.0. The van der Waals surface area contributed by atoms with E-state index in [0.717, 1.165) is 25.5 Å². The molecule has 0 radical (unpaired) electrons. The molecule has 1 saturated carbocycles. The molecule has 4 nitrogen and oxygen atoms in total. The Bertz CT molecular complexity index is 1530. The molecule has 0 N–H and O–H groups in total. The van der Waals surface area contributed by atoms with Crippen LogP contribution in [-0.2, 0) is 15.3 Å². The Labute approximate surface area is 257 Å². The summed E-state index contributed by atoms with van der Waals surface area (Å²) in [5, 5.41) is 2.76. The van der Waals surface area contributed by atoms with Gasteiger partial charge in [0.05, 0.1) is 30.6 Å². The van der Waals surface area contributed by atoms with Crippen molar-refractivity contribution in [3.63, 3.8) is 0 Å². The zero-order valence-electron chi connectivity index (χ0n) is 24.6. The van der Waals surface area contributed by atoms with Crippen LogP contribution in [0.1, 0.15) is 67.3 Å². The van der Waals surface area contributed by atoms with E-state index in [9.17, 15) is 8.42 Å². The minimum atomic E-state index is -3.51. The standard InChI is InChI=1S/C31H41IN2O2S3/c1-11-24-25(38-28(33-24)29(4,5)6)17-19-39(35,36)22-13-15-26(32)34-27(37-18-16-22)20(2)12-14-23-21(3)30(7,8)31(23,9)10/h11-17,26H,3,18-19H2,1-2,4-10H3/b15-13?,20-12+,22-16+,23-14+,24-11+,25-17+,34-27?. The van der Waals surface area contributed by atoms with Crippen molar-refractivity contribution in [2.45, 2.75) is 71.8 Å². The largest absolute Gasteiger partial charge is 0.260 e. The summed E-state index contributed by atoms with van der Waals surface area (Å²) >= 11 is 5.37. The van der Waals surface area contributed by atoms with Crippen LogP contribution in [-0.4, -0.2) is 34.0 Å². The second-order valence-corrected chi connectivity index (χ2v) is 17.4. The van der Waals surface area contributed by atoms with Crippen LogP contribution >= 0.6 is 45.7 Å². The molecular weight excluding hydrogens is 655 g/mol. The fourth-order valence-corrected chi connectivity index (χ4v) is 8.42. The van der Waals surface area contributed by atoms with E-state index in [-0.39, 0.29) is 26.0 Å². The van der Waals surface area contributed by atoms with Crippen LogP contribution in [0.2, 0.25) is 0 Å². The van der Waals surface area contributed by atoms with Crippen LogP contribution in [0.3, 0.4) is 0 Å². The highest BCUT2D eigenvalue weighted by Gasteiger charge is 2.52. The molecule has 8 heteroatoms. The van der Waals surface area contributed by atoms with Crippen molar-refractivity contribution in [2.75, 3.05) is 11.5 Å². The summed E-state index contributed by atoms with van der Waals surface area (Å²) in [7, 11) is -3.51. The van der Waals surface area contributed by atoms with Gasteiger partial charge in [-0.3, -0.25) is 4.99 Å². The summed E-state index contributed by atoms with van der Waals surface area (Å²) in [4.78, 5) is 9.93. The molecule has 0 spiro atoms. The first-order valence-electron chi connectivity index (χ1n) is 13.1. The molecule has 0 amide bonds. The van der Waals surface area contributed by atoms with Crippen molar-refractivity contribution < 1.29 is 8.42 Å². The summed E-state index contributed by atoms with van der Waals surface area (Å²) in [6.45, 7) is 23.7. The average Bonchev–Trinajstić information content (AvgIpc) is 3.30. The van der Waals surface area contributed by atoms with Crippen LogP contribution in [0.15, 0.2) is 63.6 Å². The van der Waals surface area contributed by atoms with Crippen LogP contribution in [0.5, 0.6) is 0 Å². The van der Waals surface area contributed by atoms with Crippen molar-refractivity contribution in [3.05, 3.63) is 73.5 Å². The molecule has 212 valence electrons. The van der Waals surface area contributed by atoms with Gasteiger partial charge in [-0.15, -0.1) is 23.1 Å². The molecule has 1 aliphatic heterocycles. The molecule has 1 aromatic heterocycles. The lowest BCUT2D eigenvalue weighted by atomic mass is 9.47. The van der Waals surface area contributed by atoms with Crippen molar-refractivity contribution in [3.8, 4) is 0 Å². The highest BCUT2D eigenvalue weighted by Crippen LogP contribution is 2.62. The number of aliphatic imine (C=N–C) groups is 1. The highest BCUT2D eigenvalue weighted by atomic mass is 127. The fraction of sp³-hybridized carbons (Fsp3) is 0.484. The summed E-state index contributed by atoms with van der Waals surface area (Å²) in [6, 6.07) is 0. The van der Waals surface area contributed by atoms with Gasteiger partial charge >= 0.3 is 0 Å². The van der Waals surface area contributed by atoms with Gasteiger partial charge in [0, 0.05) is 11.2 Å². The van der Waals surface area contributed by atoms with Crippen molar-refractivity contribution in [1.29, 1.82) is 0 Å².